The summed E-state index contributed by atoms with van der Waals surface area (Å²) in [6, 6.07) is -3.26. The summed E-state index contributed by atoms with van der Waals surface area (Å²) in [5, 5.41) is 74.9. The molecule has 3 rings (SSSR count). The van der Waals surface area contributed by atoms with Gasteiger partial charge in [0.25, 0.3) is 0 Å². The van der Waals surface area contributed by atoms with Crippen LogP contribution in [0.25, 0.3) is 0 Å². The van der Waals surface area contributed by atoms with Crippen LogP contribution in [0.4, 0.5) is 0 Å². The van der Waals surface area contributed by atoms with Crippen LogP contribution >= 0.6 is 0 Å². The maximum atomic E-state index is 10.9. The number of nitrogens with two attached hydrogens (primary N) is 3. The van der Waals surface area contributed by atoms with E-state index >= 15 is 0 Å². The van der Waals surface area contributed by atoms with E-state index in [9.17, 15) is 35.7 Å². The molecule has 15 atom stereocenters. The lowest BCUT2D eigenvalue weighted by Crippen LogP contribution is -2.72. The van der Waals surface area contributed by atoms with Gasteiger partial charge in [0.15, 0.2) is 12.6 Å². The largest absolute Gasteiger partial charge is 0.390 e. The second kappa shape index (κ2) is 11.0. The lowest BCUT2D eigenvalue weighted by atomic mass is 9.82. The Morgan fingerprint density at radius 1 is 0.788 bits per heavy atom. The molecule has 1 aliphatic carbocycles. The number of hydrogen-bond acceptors (Lipinski definition) is 15. The lowest BCUT2D eigenvalue weighted by molar-refractivity contribution is -0.331. The molecule has 194 valence electrons. The molecule has 15 heteroatoms. The van der Waals surface area contributed by atoms with Gasteiger partial charge < -0.3 is 77.2 Å². The molecule has 0 spiro atoms. The molecule has 1 saturated carbocycles. The van der Waals surface area contributed by atoms with Gasteiger partial charge in [-0.3, -0.25) is 0 Å². The first kappa shape index (κ1) is 27.0. The van der Waals surface area contributed by atoms with Gasteiger partial charge in [-0.25, -0.2) is 0 Å². The molecule has 2 heterocycles. The summed E-state index contributed by atoms with van der Waals surface area (Å²) in [5.41, 5.74) is 17.6. The zero-order valence-corrected chi connectivity index (χ0v) is 18.1. The van der Waals surface area contributed by atoms with E-state index in [-0.39, 0.29) is 13.2 Å². The normalized spacial score (nSPS) is 53.7. The minimum absolute atomic E-state index is 0.171. The molecule has 0 amide bonds. The Balaban J connectivity index is 1.75. The van der Waals surface area contributed by atoms with Crippen LogP contribution in [0.15, 0.2) is 0 Å². The predicted octanol–water partition coefficient (Wildman–Crippen LogP) is -7.42. The number of aliphatic hydroxyl groups excluding tert-OH is 7. The molecule has 33 heavy (non-hydrogen) atoms. The van der Waals surface area contributed by atoms with Gasteiger partial charge >= 0.3 is 0 Å². The molecule has 3 fully saturated rings. The number of aliphatic hydroxyl groups is 7. The van der Waals surface area contributed by atoms with Crippen LogP contribution in [-0.2, 0) is 18.9 Å². The second-order valence-electron chi connectivity index (χ2n) is 8.66. The molecule has 14 N–H and O–H groups in total. The highest BCUT2D eigenvalue weighted by molar-refractivity contribution is 5.05. The maximum Gasteiger partial charge on any atom is 0.187 e. The number of ether oxygens (including phenoxy) is 4. The van der Waals surface area contributed by atoms with E-state index in [1.165, 1.54) is 7.05 Å². The minimum Gasteiger partial charge on any atom is -0.390 e. The summed E-state index contributed by atoms with van der Waals surface area (Å²) in [6.07, 6.45) is -16.9. The van der Waals surface area contributed by atoms with Crippen molar-refractivity contribution in [2.45, 2.75) is 91.7 Å². The van der Waals surface area contributed by atoms with E-state index in [0.29, 0.717) is 0 Å². The van der Waals surface area contributed by atoms with Crippen LogP contribution in [0.3, 0.4) is 0 Å². The van der Waals surface area contributed by atoms with Gasteiger partial charge in [-0.1, -0.05) is 0 Å². The first-order valence-corrected chi connectivity index (χ1v) is 10.8. The van der Waals surface area contributed by atoms with Crippen molar-refractivity contribution in [2.75, 3.05) is 20.2 Å². The molecule has 0 aromatic carbocycles. The summed E-state index contributed by atoms with van der Waals surface area (Å²) in [7, 11) is 1.53. The Bertz CT molecular complexity index is 636. The van der Waals surface area contributed by atoms with Crippen LogP contribution in [0.1, 0.15) is 0 Å². The molecule has 0 bridgehead atoms. The summed E-state index contributed by atoms with van der Waals surface area (Å²) in [4.78, 5) is 0. The molecule has 0 aromatic heterocycles. The fourth-order valence-corrected chi connectivity index (χ4v) is 4.44. The van der Waals surface area contributed by atoms with Gasteiger partial charge in [0.05, 0.1) is 36.9 Å². The monoisotopic (exact) mass is 484 g/mol. The topological polar surface area (TPSA) is 269 Å². The van der Waals surface area contributed by atoms with Crippen molar-refractivity contribution in [3.63, 3.8) is 0 Å². The molecular weight excluding hydrogens is 448 g/mol. The van der Waals surface area contributed by atoms with Gasteiger partial charge in [-0.2, -0.15) is 0 Å². The van der Waals surface area contributed by atoms with Gasteiger partial charge in [-0.05, 0) is 7.05 Å². The SMILES string of the molecule is CN[C@@H]1[C@@H](O)[C@@H](O[C@@H]2[C@@H](N)[C@H](O)[C@@H](N)[C@H](O[C@H]3O[C@H](CN)[C@@H](O)[C@H](O)[C@H]3O)[C@H]2O)OC[C@@H]1O. The lowest BCUT2D eigenvalue weighted by Gasteiger charge is -2.49. The maximum absolute atomic E-state index is 10.9. The molecule has 0 radical (unpaired) electrons. The third kappa shape index (κ3) is 5.18. The van der Waals surface area contributed by atoms with Crippen molar-refractivity contribution in [3.8, 4) is 0 Å². The third-order valence-corrected chi connectivity index (χ3v) is 6.53. The fraction of sp³-hybridized carbons (Fsp3) is 1.00. The van der Waals surface area contributed by atoms with E-state index in [1.54, 1.807) is 0 Å². The number of hydrogen-bond donors (Lipinski definition) is 11. The Hall–Kier alpha value is -0.600. The van der Waals surface area contributed by atoms with E-state index < -0.39 is 91.7 Å². The molecule has 3 aliphatic rings. The van der Waals surface area contributed by atoms with Gasteiger partial charge in [0, 0.05) is 6.54 Å². The summed E-state index contributed by atoms with van der Waals surface area (Å²) in [5.74, 6) is 0. The molecule has 0 aromatic rings. The van der Waals surface area contributed by atoms with Crippen molar-refractivity contribution in [2.24, 2.45) is 17.2 Å². The zero-order chi connectivity index (χ0) is 24.6. The van der Waals surface area contributed by atoms with Crippen LogP contribution in [-0.4, -0.2) is 148 Å². The molecule has 2 saturated heterocycles. The highest BCUT2D eigenvalue weighted by Crippen LogP contribution is 2.30. The van der Waals surface area contributed by atoms with Crippen LogP contribution in [0.2, 0.25) is 0 Å². The molecule has 15 nitrogen and oxygen atoms in total. The number of rotatable bonds is 6. The molecular formula is C18H36N4O11. The Labute approximate surface area is 190 Å². The second-order valence-corrected chi connectivity index (χ2v) is 8.66. The van der Waals surface area contributed by atoms with Crippen LogP contribution in [0, 0.1) is 0 Å². The van der Waals surface area contributed by atoms with Crippen molar-refractivity contribution < 1.29 is 54.7 Å². The predicted molar refractivity (Wildman–Crippen MR) is 108 cm³/mol. The number of likely N-dealkylation sites (N-methyl/N-ethyl adjacent to an activating group) is 1. The quantitative estimate of drug-likeness (QED) is 0.167. The van der Waals surface area contributed by atoms with Crippen LogP contribution < -0.4 is 22.5 Å². The highest BCUT2D eigenvalue weighted by Gasteiger charge is 2.53. The van der Waals surface area contributed by atoms with E-state index in [4.69, 9.17) is 36.1 Å². The summed E-state index contributed by atoms with van der Waals surface area (Å²) >= 11 is 0. The van der Waals surface area contributed by atoms with Crippen molar-refractivity contribution in [1.29, 1.82) is 0 Å². The van der Waals surface area contributed by atoms with Gasteiger partial charge in [-0.15, -0.1) is 0 Å². The summed E-state index contributed by atoms with van der Waals surface area (Å²) in [6.45, 7) is -0.366. The molecule has 0 unspecified atom stereocenters. The van der Waals surface area contributed by atoms with Gasteiger partial charge in [0.1, 0.15) is 48.8 Å². The average Bonchev–Trinajstić information content (AvgIpc) is 2.79. The first-order chi connectivity index (χ1) is 15.5. The Morgan fingerprint density at radius 2 is 1.36 bits per heavy atom. The first-order valence-electron chi connectivity index (χ1n) is 10.8. The fourth-order valence-electron chi connectivity index (χ4n) is 4.44. The Kier molecular flexibility index (Phi) is 8.99. The van der Waals surface area contributed by atoms with E-state index in [2.05, 4.69) is 5.32 Å². The number of nitrogens with one attached hydrogen (secondary N) is 1. The molecule has 2 aliphatic heterocycles. The highest BCUT2D eigenvalue weighted by atomic mass is 16.7. The summed E-state index contributed by atoms with van der Waals surface area (Å²) < 4.78 is 22.0. The average molecular weight is 485 g/mol. The van der Waals surface area contributed by atoms with Crippen molar-refractivity contribution >= 4 is 0 Å². The Morgan fingerprint density at radius 3 is 1.91 bits per heavy atom. The van der Waals surface area contributed by atoms with Crippen molar-refractivity contribution in [1.82, 2.24) is 5.32 Å². The minimum atomic E-state index is -1.71. The standard InChI is InChI=1S/C18H36N4O11/c1-22-8-4(23)3-30-17(11(8)26)32-15-6(20)10(25)7(21)16(14(15)29)33-18-13(28)12(27)9(24)5(2-19)31-18/h4-18,22-29H,2-3,19-21H2,1H3/t4-,5+,6-,7+,8-,9+,10-,11+,12-,13+,14-,15+,16-,17+,18+/m0/s1. The van der Waals surface area contributed by atoms with E-state index in [1.807, 2.05) is 0 Å². The van der Waals surface area contributed by atoms with Crippen molar-refractivity contribution in [3.05, 3.63) is 0 Å². The van der Waals surface area contributed by atoms with E-state index in [0.717, 1.165) is 0 Å². The smallest absolute Gasteiger partial charge is 0.187 e. The van der Waals surface area contributed by atoms with Crippen LogP contribution in [0.5, 0.6) is 0 Å². The van der Waals surface area contributed by atoms with Gasteiger partial charge in [0.2, 0.25) is 0 Å². The zero-order valence-electron chi connectivity index (χ0n) is 18.1. The third-order valence-electron chi connectivity index (χ3n) is 6.53.